The third kappa shape index (κ3) is 6.30. The fourth-order valence-corrected chi connectivity index (χ4v) is 2.18. The third-order valence-electron chi connectivity index (χ3n) is 2.73. The van der Waals surface area contributed by atoms with Crippen LogP contribution in [-0.2, 0) is 24.4 Å². The Labute approximate surface area is 124 Å². The van der Waals surface area contributed by atoms with Crippen LogP contribution in [-0.4, -0.2) is 60.5 Å². The Hall–Kier alpha value is -1.35. The molecule has 0 saturated carbocycles. The fourth-order valence-electron chi connectivity index (χ4n) is 1.89. The minimum Gasteiger partial charge on any atom is -0.748 e. The number of esters is 1. The van der Waals surface area contributed by atoms with Gasteiger partial charge in [-0.25, -0.2) is 18.0 Å². The number of hydrogen-bond acceptors (Lipinski definition) is 7. The van der Waals surface area contributed by atoms with E-state index in [0.29, 0.717) is 19.4 Å². The van der Waals surface area contributed by atoms with E-state index in [1.165, 1.54) is 4.90 Å². The third-order valence-corrected chi connectivity index (χ3v) is 3.40. The maximum absolute atomic E-state index is 12.0. The Morgan fingerprint density at radius 1 is 1.33 bits per heavy atom. The summed E-state index contributed by atoms with van der Waals surface area (Å²) in [5.41, 5.74) is -0.676. The second-order valence-corrected chi connectivity index (χ2v) is 7.28. The van der Waals surface area contributed by atoms with Crippen molar-refractivity contribution in [3.05, 3.63) is 0 Å². The fraction of sp³-hybridized carbons (Fsp3) is 0.833. The maximum Gasteiger partial charge on any atom is 0.411 e. The first kappa shape index (κ1) is 17.7. The predicted octanol–water partition coefficient (Wildman–Crippen LogP) is 0.474. The van der Waals surface area contributed by atoms with Crippen LogP contribution in [0.5, 0.6) is 0 Å². The Balaban J connectivity index is 2.56. The first-order valence-electron chi connectivity index (χ1n) is 6.59. The number of carbonyl (C=O) groups is 2. The van der Waals surface area contributed by atoms with E-state index in [1.54, 1.807) is 20.8 Å². The van der Waals surface area contributed by atoms with Crippen molar-refractivity contribution in [1.82, 2.24) is 4.90 Å². The van der Waals surface area contributed by atoms with Gasteiger partial charge in [0.05, 0.1) is 15.9 Å². The number of hydrogen-bond donors (Lipinski definition) is 0. The molecule has 0 N–H and O–H groups in total. The van der Waals surface area contributed by atoms with Gasteiger partial charge in [-0.05, 0) is 33.6 Å². The highest BCUT2D eigenvalue weighted by Gasteiger charge is 2.37. The Morgan fingerprint density at radius 2 is 1.95 bits per heavy atom. The highest BCUT2D eigenvalue weighted by atomic mass is 32.2. The number of rotatable bonds is 4. The summed E-state index contributed by atoms with van der Waals surface area (Å²) < 4.78 is 41.2. The van der Waals surface area contributed by atoms with Crippen molar-refractivity contribution in [2.24, 2.45) is 0 Å². The molecule has 0 aromatic rings. The highest BCUT2D eigenvalue weighted by molar-refractivity contribution is 7.85. The lowest BCUT2D eigenvalue weighted by molar-refractivity contribution is -0.148. The predicted molar refractivity (Wildman–Crippen MR) is 71.5 cm³/mol. The molecule has 1 rings (SSSR count). The number of likely N-dealkylation sites (tertiary alicyclic amines) is 1. The molecule has 9 heteroatoms. The number of carbonyl (C=O) groups excluding carboxylic acids is 2. The maximum atomic E-state index is 12.0. The van der Waals surface area contributed by atoms with Crippen LogP contribution in [0.4, 0.5) is 4.79 Å². The molecule has 1 aliphatic rings. The van der Waals surface area contributed by atoms with Gasteiger partial charge >= 0.3 is 12.1 Å². The molecule has 0 aromatic carbocycles. The summed E-state index contributed by atoms with van der Waals surface area (Å²) in [6, 6.07) is -0.797. The van der Waals surface area contributed by atoms with Crippen molar-refractivity contribution in [1.29, 1.82) is 0 Å². The van der Waals surface area contributed by atoms with E-state index in [0.717, 1.165) is 0 Å². The van der Waals surface area contributed by atoms with Crippen LogP contribution >= 0.6 is 0 Å². The van der Waals surface area contributed by atoms with E-state index in [2.05, 4.69) is 0 Å². The van der Waals surface area contributed by atoms with Gasteiger partial charge in [-0.3, -0.25) is 4.90 Å². The van der Waals surface area contributed by atoms with E-state index in [-0.39, 0.29) is 0 Å². The van der Waals surface area contributed by atoms with Gasteiger partial charge in [0.25, 0.3) is 0 Å². The summed E-state index contributed by atoms with van der Waals surface area (Å²) in [5.74, 6) is -1.50. The zero-order valence-corrected chi connectivity index (χ0v) is 13.1. The first-order chi connectivity index (χ1) is 9.49. The van der Waals surface area contributed by atoms with Gasteiger partial charge in [0.2, 0.25) is 0 Å². The molecule has 1 amide bonds. The Kier molecular flexibility index (Phi) is 5.57. The van der Waals surface area contributed by atoms with Crippen molar-refractivity contribution < 1.29 is 32.0 Å². The van der Waals surface area contributed by atoms with Gasteiger partial charge in [0.1, 0.15) is 18.2 Å². The molecule has 0 aliphatic carbocycles. The van der Waals surface area contributed by atoms with Gasteiger partial charge in [0.15, 0.2) is 0 Å². The van der Waals surface area contributed by atoms with Crippen LogP contribution < -0.4 is 0 Å². The summed E-state index contributed by atoms with van der Waals surface area (Å²) >= 11 is 0. The summed E-state index contributed by atoms with van der Waals surface area (Å²) in [6.45, 7) is 5.01. The van der Waals surface area contributed by atoms with Gasteiger partial charge < -0.3 is 14.0 Å². The smallest absolute Gasteiger partial charge is 0.411 e. The molecule has 21 heavy (non-hydrogen) atoms. The molecule has 0 spiro atoms. The minimum absolute atomic E-state index is 0.370. The zero-order chi connectivity index (χ0) is 16.3. The van der Waals surface area contributed by atoms with Crippen molar-refractivity contribution in [2.45, 2.75) is 45.3 Å². The van der Waals surface area contributed by atoms with Crippen LogP contribution in [0.3, 0.4) is 0 Å². The van der Waals surface area contributed by atoms with Crippen LogP contribution in [0.1, 0.15) is 33.6 Å². The molecule has 8 nitrogen and oxygen atoms in total. The first-order valence-corrected chi connectivity index (χ1v) is 8.17. The average molecular weight is 322 g/mol. The van der Waals surface area contributed by atoms with Gasteiger partial charge in [-0.2, -0.15) is 0 Å². The molecule has 1 fully saturated rings. The van der Waals surface area contributed by atoms with Crippen LogP contribution in [0.2, 0.25) is 0 Å². The quantitative estimate of drug-likeness (QED) is 0.546. The van der Waals surface area contributed by atoms with Gasteiger partial charge in [0, 0.05) is 6.54 Å². The Bertz CT molecular complexity index is 494. The molecule has 1 unspecified atom stereocenters. The molecule has 122 valence electrons. The zero-order valence-electron chi connectivity index (χ0n) is 12.3. The SMILES string of the molecule is CC(C)(C)OC(=O)N1CCCC1C(=O)OCCS(=O)(=O)[O-]. The lowest BCUT2D eigenvalue weighted by Crippen LogP contribution is -2.44. The highest BCUT2D eigenvalue weighted by Crippen LogP contribution is 2.21. The van der Waals surface area contributed by atoms with Gasteiger partial charge in [-0.1, -0.05) is 0 Å². The molecule has 0 radical (unpaired) electrons. The summed E-state index contributed by atoms with van der Waals surface area (Å²) in [6.07, 6.45) is 0.430. The number of amides is 1. The van der Waals surface area contributed by atoms with Crippen LogP contribution in [0.25, 0.3) is 0 Å². The molecule has 1 saturated heterocycles. The lowest BCUT2D eigenvalue weighted by atomic mass is 10.2. The second kappa shape index (κ2) is 6.61. The van der Waals surface area contributed by atoms with E-state index >= 15 is 0 Å². The normalized spacial score (nSPS) is 19.4. The van der Waals surface area contributed by atoms with E-state index < -0.39 is 46.2 Å². The summed E-state index contributed by atoms with van der Waals surface area (Å²) in [7, 11) is -4.43. The standard InChI is InChI=1S/C12H21NO7S/c1-12(2,3)20-11(15)13-6-4-5-9(13)10(14)19-7-8-21(16,17)18/h9H,4-8H2,1-3H3,(H,16,17,18)/p-1. The molecular formula is C12H20NO7S-. The molecule has 1 aliphatic heterocycles. The lowest BCUT2D eigenvalue weighted by Gasteiger charge is -2.27. The van der Waals surface area contributed by atoms with E-state index in [9.17, 15) is 22.6 Å². The van der Waals surface area contributed by atoms with E-state index in [1.807, 2.05) is 0 Å². The van der Waals surface area contributed by atoms with Crippen LogP contribution in [0.15, 0.2) is 0 Å². The molecule has 0 bridgehead atoms. The molecule has 0 aromatic heterocycles. The van der Waals surface area contributed by atoms with Crippen molar-refractivity contribution >= 4 is 22.2 Å². The van der Waals surface area contributed by atoms with Crippen molar-refractivity contribution in [2.75, 3.05) is 18.9 Å². The topological polar surface area (TPSA) is 113 Å². The Morgan fingerprint density at radius 3 is 2.48 bits per heavy atom. The van der Waals surface area contributed by atoms with Crippen molar-refractivity contribution in [3.8, 4) is 0 Å². The minimum atomic E-state index is -4.43. The molecule has 1 heterocycles. The van der Waals surface area contributed by atoms with Crippen LogP contribution in [0, 0.1) is 0 Å². The number of nitrogens with zero attached hydrogens (tertiary/aromatic N) is 1. The van der Waals surface area contributed by atoms with Crippen molar-refractivity contribution in [3.63, 3.8) is 0 Å². The largest absolute Gasteiger partial charge is 0.748 e. The summed E-state index contributed by atoms with van der Waals surface area (Å²) in [5, 5.41) is 0. The van der Waals surface area contributed by atoms with E-state index in [4.69, 9.17) is 9.47 Å². The average Bonchev–Trinajstić information content (AvgIpc) is 2.73. The summed E-state index contributed by atoms with van der Waals surface area (Å²) in [4.78, 5) is 25.1. The molecule has 1 atom stereocenters. The number of ether oxygens (including phenoxy) is 2. The second-order valence-electron chi connectivity index (χ2n) is 5.76. The van der Waals surface area contributed by atoms with Gasteiger partial charge in [-0.15, -0.1) is 0 Å². The molecular weight excluding hydrogens is 302 g/mol. The monoisotopic (exact) mass is 322 g/mol.